The van der Waals surface area contributed by atoms with E-state index in [1.807, 2.05) is 0 Å². The summed E-state index contributed by atoms with van der Waals surface area (Å²) < 4.78 is 53.3. The van der Waals surface area contributed by atoms with Crippen LogP contribution in [0.25, 0.3) is 0 Å². The van der Waals surface area contributed by atoms with Crippen molar-refractivity contribution in [2.45, 2.75) is 39.0 Å². The number of pyridine rings is 1. The molecule has 1 aliphatic rings. The molecule has 11 heteroatoms. The molecule has 1 N–H and O–H groups in total. The summed E-state index contributed by atoms with van der Waals surface area (Å²) >= 11 is 5.85. The molecule has 3 rings (SSSR count). The number of aromatic nitrogens is 1. The molecule has 0 spiro atoms. The lowest BCUT2D eigenvalue weighted by atomic mass is 10.1. The number of benzene rings is 1. The van der Waals surface area contributed by atoms with E-state index in [-0.39, 0.29) is 23.1 Å². The van der Waals surface area contributed by atoms with Crippen LogP contribution in [0.2, 0.25) is 5.02 Å². The van der Waals surface area contributed by atoms with Gasteiger partial charge in [-0.2, -0.15) is 13.2 Å². The molecule has 1 atom stereocenters. The molecule has 2 aromatic rings. The number of anilines is 2. The normalized spacial score (nSPS) is 16.6. The zero-order valence-corrected chi connectivity index (χ0v) is 17.6. The number of halogens is 5. The summed E-state index contributed by atoms with van der Waals surface area (Å²) in [5.41, 5.74) is -0.646. The third-order valence-electron chi connectivity index (χ3n) is 4.71. The number of alkyl halides is 3. The van der Waals surface area contributed by atoms with E-state index < -0.39 is 41.6 Å². The third-order valence-corrected chi connectivity index (χ3v) is 5.00. The Morgan fingerprint density at radius 3 is 2.55 bits per heavy atom. The Morgan fingerprint density at radius 2 is 1.97 bits per heavy atom. The summed E-state index contributed by atoms with van der Waals surface area (Å²) in [7, 11) is 0. The highest BCUT2D eigenvalue weighted by Gasteiger charge is 2.42. The summed E-state index contributed by atoms with van der Waals surface area (Å²) in [4.78, 5) is 32.1. The maximum atomic E-state index is 13.6. The van der Waals surface area contributed by atoms with Crippen LogP contribution in [-0.2, 0) is 11.0 Å². The Bertz CT molecular complexity index is 1030. The van der Waals surface area contributed by atoms with Crippen molar-refractivity contribution >= 4 is 35.0 Å². The number of nitrogens with one attached hydrogen (secondary N) is 1. The van der Waals surface area contributed by atoms with Gasteiger partial charge in [0.05, 0.1) is 10.6 Å². The maximum absolute atomic E-state index is 13.6. The highest BCUT2D eigenvalue weighted by atomic mass is 35.5. The molecule has 31 heavy (non-hydrogen) atoms. The lowest BCUT2D eigenvalue weighted by Crippen LogP contribution is -2.50. The van der Waals surface area contributed by atoms with Gasteiger partial charge >= 0.3 is 12.2 Å². The summed E-state index contributed by atoms with van der Waals surface area (Å²) in [6, 6.07) is 3.01. The number of carbonyl (C=O) groups excluding carboxylic acids is 2. The Hall–Kier alpha value is -2.88. The van der Waals surface area contributed by atoms with Crippen LogP contribution in [0, 0.1) is 12.7 Å². The van der Waals surface area contributed by atoms with Crippen molar-refractivity contribution in [3.63, 3.8) is 0 Å². The Labute approximate surface area is 180 Å². The minimum absolute atomic E-state index is 0.0433. The standard InChI is InChI=1S/C20H19ClF4N4O2/c1-10(2)28(13-4-5-15(22)14(21)8-13)18(30)16-9-26-19(31)29(16)17-7-12(20(23,24)25)6-11(3)27-17/h4-8,10,16H,9H2,1-3H3,(H,26,31). The quantitative estimate of drug-likeness (QED) is 0.684. The van der Waals surface area contributed by atoms with Crippen molar-refractivity contribution in [1.82, 2.24) is 10.3 Å². The summed E-state index contributed by atoms with van der Waals surface area (Å²) in [6.45, 7) is 4.64. The lowest BCUT2D eigenvalue weighted by molar-refractivity contribution is -0.137. The first kappa shape index (κ1) is 22.8. The van der Waals surface area contributed by atoms with E-state index in [0.29, 0.717) is 5.69 Å². The Morgan fingerprint density at radius 1 is 1.29 bits per heavy atom. The van der Waals surface area contributed by atoms with Crippen molar-refractivity contribution in [3.05, 3.63) is 52.4 Å². The second-order valence-electron chi connectivity index (χ2n) is 7.33. The molecule has 0 bridgehead atoms. The second-order valence-corrected chi connectivity index (χ2v) is 7.73. The highest BCUT2D eigenvalue weighted by molar-refractivity contribution is 6.31. The molecule has 0 saturated carbocycles. The summed E-state index contributed by atoms with van der Waals surface area (Å²) in [5.74, 6) is -1.53. The van der Waals surface area contributed by atoms with Gasteiger partial charge in [0.2, 0.25) is 0 Å². The fraction of sp³-hybridized carbons (Fsp3) is 0.350. The van der Waals surface area contributed by atoms with E-state index in [9.17, 15) is 27.2 Å². The van der Waals surface area contributed by atoms with E-state index in [1.54, 1.807) is 13.8 Å². The molecular formula is C20H19ClF4N4O2. The largest absolute Gasteiger partial charge is 0.416 e. The van der Waals surface area contributed by atoms with Gasteiger partial charge in [0, 0.05) is 24.0 Å². The number of carbonyl (C=O) groups is 2. The van der Waals surface area contributed by atoms with E-state index in [0.717, 1.165) is 23.1 Å². The minimum atomic E-state index is -4.65. The molecule has 3 amide bonds. The van der Waals surface area contributed by atoms with Crippen LogP contribution in [0.1, 0.15) is 25.1 Å². The number of aryl methyl sites for hydroxylation is 1. The predicted molar refractivity (Wildman–Crippen MR) is 108 cm³/mol. The van der Waals surface area contributed by atoms with Gasteiger partial charge in [-0.3, -0.25) is 9.69 Å². The molecular weight excluding hydrogens is 440 g/mol. The van der Waals surface area contributed by atoms with Crippen LogP contribution in [0.3, 0.4) is 0 Å². The summed E-state index contributed by atoms with van der Waals surface area (Å²) in [5, 5.41) is 2.28. The van der Waals surface area contributed by atoms with E-state index in [4.69, 9.17) is 11.6 Å². The second kappa shape index (κ2) is 8.33. The number of urea groups is 1. The molecule has 0 aliphatic carbocycles. The van der Waals surface area contributed by atoms with Crippen molar-refractivity contribution < 1.29 is 27.2 Å². The molecule has 6 nitrogen and oxygen atoms in total. The van der Waals surface area contributed by atoms with E-state index in [1.165, 1.54) is 24.0 Å². The van der Waals surface area contributed by atoms with Gasteiger partial charge in [0.25, 0.3) is 5.91 Å². The fourth-order valence-corrected chi connectivity index (χ4v) is 3.55. The maximum Gasteiger partial charge on any atom is 0.416 e. The van der Waals surface area contributed by atoms with Crippen LogP contribution < -0.4 is 15.1 Å². The average Bonchev–Trinajstić information content (AvgIpc) is 3.04. The molecule has 2 heterocycles. The van der Waals surface area contributed by atoms with Crippen LogP contribution >= 0.6 is 11.6 Å². The molecule has 1 aromatic carbocycles. The molecule has 1 aliphatic heterocycles. The number of hydrogen-bond donors (Lipinski definition) is 1. The minimum Gasteiger partial charge on any atom is -0.335 e. The van der Waals surface area contributed by atoms with Gasteiger partial charge in [-0.1, -0.05) is 11.6 Å². The van der Waals surface area contributed by atoms with Crippen molar-refractivity contribution in [2.75, 3.05) is 16.3 Å². The Kier molecular flexibility index (Phi) is 6.13. The molecule has 1 unspecified atom stereocenters. The monoisotopic (exact) mass is 458 g/mol. The average molecular weight is 459 g/mol. The first-order valence-corrected chi connectivity index (χ1v) is 9.69. The van der Waals surface area contributed by atoms with Gasteiger partial charge < -0.3 is 10.2 Å². The van der Waals surface area contributed by atoms with E-state index >= 15 is 0 Å². The number of rotatable bonds is 4. The number of amides is 3. The van der Waals surface area contributed by atoms with Crippen molar-refractivity contribution in [1.29, 1.82) is 0 Å². The number of hydrogen-bond acceptors (Lipinski definition) is 3. The Balaban J connectivity index is 2.02. The van der Waals surface area contributed by atoms with Crippen LogP contribution in [0.15, 0.2) is 30.3 Å². The molecule has 1 saturated heterocycles. The highest BCUT2D eigenvalue weighted by Crippen LogP contribution is 2.33. The first-order valence-electron chi connectivity index (χ1n) is 9.31. The van der Waals surface area contributed by atoms with Crippen molar-refractivity contribution in [2.24, 2.45) is 0 Å². The smallest absolute Gasteiger partial charge is 0.335 e. The summed E-state index contributed by atoms with van der Waals surface area (Å²) in [6.07, 6.45) is -4.65. The third kappa shape index (κ3) is 4.58. The van der Waals surface area contributed by atoms with Gasteiger partial charge in [0.1, 0.15) is 17.7 Å². The number of nitrogens with zero attached hydrogens (tertiary/aromatic N) is 3. The van der Waals surface area contributed by atoms with Crippen LogP contribution in [0.5, 0.6) is 0 Å². The molecule has 0 radical (unpaired) electrons. The van der Waals surface area contributed by atoms with Gasteiger partial charge in [-0.15, -0.1) is 0 Å². The molecule has 166 valence electrons. The van der Waals surface area contributed by atoms with Crippen molar-refractivity contribution in [3.8, 4) is 0 Å². The predicted octanol–water partition coefficient (Wildman–Crippen LogP) is 4.54. The van der Waals surface area contributed by atoms with Gasteiger partial charge in [-0.25, -0.2) is 14.2 Å². The topological polar surface area (TPSA) is 65.5 Å². The molecule has 1 fully saturated rings. The lowest BCUT2D eigenvalue weighted by Gasteiger charge is -2.32. The van der Waals surface area contributed by atoms with Gasteiger partial charge in [-0.05, 0) is 51.1 Å². The zero-order valence-electron chi connectivity index (χ0n) is 16.8. The first-order chi connectivity index (χ1) is 14.4. The van der Waals surface area contributed by atoms with Gasteiger partial charge in [0.15, 0.2) is 0 Å². The fourth-order valence-electron chi connectivity index (χ4n) is 3.38. The van der Waals surface area contributed by atoms with E-state index in [2.05, 4.69) is 10.3 Å². The zero-order chi connectivity index (χ0) is 23.1. The SMILES string of the molecule is Cc1cc(C(F)(F)F)cc(N2C(=O)NCC2C(=O)N(c2ccc(F)c(Cl)c2)C(C)C)n1. The van der Waals surface area contributed by atoms with Crippen LogP contribution in [-0.4, -0.2) is 35.6 Å². The molecule has 1 aromatic heterocycles. The van der Waals surface area contributed by atoms with Crippen LogP contribution in [0.4, 0.5) is 33.9 Å².